The number of anilines is 1. The second-order valence-electron chi connectivity index (χ2n) is 1.92. The first-order chi connectivity index (χ1) is 5.04. The molecule has 0 spiro atoms. The van der Waals surface area contributed by atoms with Crippen molar-refractivity contribution >= 4 is 18.3 Å². The van der Waals surface area contributed by atoms with Gasteiger partial charge in [-0.25, -0.2) is 13.2 Å². The summed E-state index contributed by atoms with van der Waals surface area (Å²) in [7, 11) is 0. The summed E-state index contributed by atoms with van der Waals surface area (Å²) < 4.78 is 37.1. The SMILES string of the molecule is Nc1cc(F)c(F)c(F)c1S. The van der Waals surface area contributed by atoms with Crippen molar-refractivity contribution in [2.24, 2.45) is 0 Å². The molecule has 0 unspecified atom stereocenters. The molecule has 0 aliphatic heterocycles. The summed E-state index contributed by atoms with van der Waals surface area (Å²) in [5, 5.41) is 0. The monoisotopic (exact) mass is 179 g/mol. The lowest BCUT2D eigenvalue weighted by atomic mass is 10.3. The van der Waals surface area contributed by atoms with Gasteiger partial charge in [0.1, 0.15) is 0 Å². The van der Waals surface area contributed by atoms with Crippen LogP contribution in [-0.4, -0.2) is 0 Å². The van der Waals surface area contributed by atoms with Crippen LogP contribution in [0.4, 0.5) is 18.9 Å². The van der Waals surface area contributed by atoms with E-state index < -0.39 is 17.5 Å². The molecule has 0 radical (unpaired) electrons. The average molecular weight is 179 g/mol. The van der Waals surface area contributed by atoms with Crippen LogP contribution in [0.25, 0.3) is 0 Å². The zero-order valence-corrected chi connectivity index (χ0v) is 6.13. The van der Waals surface area contributed by atoms with Gasteiger partial charge in [0, 0.05) is 6.07 Å². The molecule has 1 aromatic rings. The van der Waals surface area contributed by atoms with Gasteiger partial charge >= 0.3 is 0 Å². The Morgan fingerprint density at radius 1 is 1.18 bits per heavy atom. The Morgan fingerprint density at radius 2 is 1.73 bits per heavy atom. The predicted molar refractivity (Wildman–Crippen MR) is 38.0 cm³/mol. The van der Waals surface area contributed by atoms with Crippen LogP contribution in [0.3, 0.4) is 0 Å². The maximum absolute atomic E-state index is 12.5. The normalized spacial score (nSPS) is 10.2. The van der Waals surface area contributed by atoms with Crippen molar-refractivity contribution in [3.63, 3.8) is 0 Å². The van der Waals surface area contributed by atoms with E-state index in [-0.39, 0.29) is 10.6 Å². The van der Waals surface area contributed by atoms with Gasteiger partial charge in [-0.2, -0.15) is 0 Å². The molecule has 0 aromatic heterocycles. The molecule has 2 N–H and O–H groups in total. The molecule has 5 heteroatoms. The van der Waals surface area contributed by atoms with Crippen molar-refractivity contribution in [2.45, 2.75) is 4.90 Å². The molecule has 0 saturated heterocycles. The zero-order valence-electron chi connectivity index (χ0n) is 5.24. The van der Waals surface area contributed by atoms with E-state index in [0.717, 1.165) is 0 Å². The van der Waals surface area contributed by atoms with E-state index >= 15 is 0 Å². The van der Waals surface area contributed by atoms with E-state index in [1.807, 2.05) is 0 Å². The van der Waals surface area contributed by atoms with Gasteiger partial charge in [0.25, 0.3) is 0 Å². The van der Waals surface area contributed by atoms with Crippen molar-refractivity contribution in [2.75, 3.05) is 5.73 Å². The lowest BCUT2D eigenvalue weighted by Crippen LogP contribution is -1.97. The minimum absolute atomic E-state index is 0.218. The number of nitrogens with two attached hydrogens (primary N) is 1. The fourth-order valence-electron chi connectivity index (χ4n) is 0.604. The molecule has 60 valence electrons. The molecule has 0 bridgehead atoms. The number of hydrogen-bond acceptors (Lipinski definition) is 2. The van der Waals surface area contributed by atoms with Crippen molar-refractivity contribution in [3.05, 3.63) is 23.5 Å². The Morgan fingerprint density at radius 3 is 2.27 bits per heavy atom. The first-order valence-corrected chi connectivity index (χ1v) is 3.10. The van der Waals surface area contributed by atoms with E-state index in [1.54, 1.807) is 0 Å². The lowest BCUT2D eigenvalue weighted by molar-refractivity contribution is 0.437. The fraction of sp³-hybridized carbons (Fsp3) is 0. The van der Waals surface area contributed by atoms with Crippen LogP contribution >= 0.6 is 12.6 Å². The molecule has 0 saturated carbocycles. The fourth-order valence-corrected chi connectivity index (χ4v) is 0.766. The van der Waals surface area contributed by atoms with Gasteiger partial charge in [0.2, 0.25) is 0 Å². The lowest BCUT2D eigenvalue weighted by Gasteiger charge is -2.01. The van der Waals surface area contributed by atoms with Crippen molar-refractivity contribution in [1.29, 1.82) is 0 Å². The first kappa shape index (κ1) is 8.26. The summed E-state index contributed by atoms with van der Waals surface area (Å²) in [5.41, 5.74) is 4.85. The number of nitrogen functional groups attached to an aromatic ring is 1. The van der Waals surface area contributed by atoms with E-state index in [1.165, 1.54) is 0 Å². The van der Waals surface area contributed by atoms with Crippen LogP contribution in [0.15, 0.2) is 11.0 Å². The zero-order chi connectivity index (χ0) is 8.59. The molecule has 1 aromatic carbocycles. The summed E-state index contributed by atoms with van der Waals surface area (Å²) in [6.45, 7) is 0. The summed E-state index contributed by atoms with van der Waals surface area (Å²) >= 11 is 3.52. The van der Waals surface area contributed by atoms with Crippen LogP contribution < -0.4 is 5.73 Å². The van der Waals surface area contributed by atoms with Crippen LogP contribution in [0.2, 0.25) is 0 Å². The topological polar surface area (TPSA) is 26.0 Å². The molecule has 0 fully saturated rings. The number of thiol groups is 1. The highest BCUT2D eigenvalue weighted by atomic mass is 32.1. The maximum atomic E-state index is 12.5. The first-order valence-electron chi connectivity index (χ1n) is 2.66. The highest BCUT2D eigenvalue weighted by Crippen LogP contribution is 2.24. The number of rotatable bonds is 0. The molecule has 1 rings (SSSR count). The molecule has 1 nitrogen and oxygen atoms in total. The Bertz CT molecular complexity index is 274. The van der Waals surface area contributed by atoms with Crippen LogP contribution in [0, 0.1) is 17.5 Å². The van der Waals surface area contributed by atoms with E-state index in [0.29, 0.717) is 6.07 Å². The standard InChI is InChI=1S/C6H4F3NS/c7-2-1-3(10)6(11)5(9)4(2)8/h1,11H,10H2. The molecule has 11 heavy (non-hydrogen) atoms. The Kier molecular flexibility index (Phi) is 1.99. The molecule has 0 aliphatic rings. The third-order valence-corrected chi connectivity index (χ3v) is 1.62. The largest absolute Gasteiger partial charge is 0.398 e. The van der Waals surface area contributed by atoms with Crippen molar-refractivity contribution in [3.8, 4) is 0 Å². The molecule has 0 heterocycles. The number of benzene rings is 1. The average Bonchev–Trinajstić information content (AvgIpc) is 1.97. The van der Waals surface area contributed by atoms with Crippen LogP contribution in [0.5, 0.6) is 0 Å². The Hall–Kier alpha value is -0.840. The quantitative estimate of drug-likeness (QED) is 0.355. The van der Waals surface area contributed by atoms with E-state index in [4.69, 9.17) is 5.73 Å². The molecule has 0 amide bonds. The van der Waals surface area contributed by atoms with Gasteiger partial charge in [-0.1, -0.05) is 0 Å². The van der Waals surface area contributed by atoms with Gasteiger partial charge in [-0.15, -0.1) is 12.6 Å². The van der Waals surface area contributed by atoms with Gasteiger partial charge in [0.15, 0.2) is 17.5 Å². The van der Waals surface area contributed by atoms with E-state index in [2.05, 4.69) is 12.6 Å². The van der Waals surface area contributed by atoms with Gasteiger partial charge in [-0.3, -0.25) is 0 Å². The van der Waals surface area contributed by atoms with Gasteiger partial charge in [0.05, 0.1) is 10.6 Å². The van der Waals surface area contributed by atoms with Gasteiger partial charge in [-0.05, 0) is 0 Å². The second kappa shape index (κ2) is 2.65. The maximum Gasteiger partial charge on any atom is 0.195 e. The molecule has 0 aliphatic carbocycles. The van der Waals surface area contributed by atoms with Gasteiger partial charge < -0.3 is 5.73 Å². The van der Waals surface area contributed by atoms with Crippen LogP contribution in [0.1, 0.15) is 0 Å². The Balaban J connectivity index is 3.46. The molecule has 0 atom stereocenters. The predicted octanol–water partition coefficient (Wildman–Crippen LogP) is 1.97. The molecular formula is C6H4F3NS. The second-order valence-corrected chi connectivity index (χ2v) is 2.37. The summed E-state index contributed by atoms with van der Waals surface area (Å²) in [4.78, 5) is -0.371. The van der Waals surface area contributed by atoms with E-state index in [9.17, 15) is 13.2 Å². The number of halogens is 3. The third kappa shape index (κ3) is 1.28. The smallest absolute Gasteiger partial charge is 0.195 e. The van der Waals surface area contributed by atoms with Crippen molar-refractivity contribution < 1.29 is 13.2 Å². The number of hydrogen-bond donors (Lipinski definition) is 2. The molecular weight excluding hydrogens is 175 g/mol. The summed E-state index contributed by atoms with van der Waals surface area (Å²) in [6.07, 6.45) is 0. The Labute approximate surface area is 66.4 Å². The van der Waals surface area contributed by atoms with Crippen molar-refractivity contribution in [1.82, 2.24) is 0 Å². The van der Waals surface area contributed by atoms with Crippen LogP contribution in [-0.2, 0) is 0 Å². The summed E-state index contributed by atoms with van der Waals surface area (Å²) in [5.74, 6) is -4.21. The minimum atomic E-state index is -1.55. The highest BCUT2D eigenvalue weighted by Gasteiger charge is 2.13. The third-order valence-electron chi connectivity index (χ3n) is 1.17. The highest BCUT2D eigenvalue weighted by molar-refractivity contribution is 7.80. The minimum Gasteiger partial charge on any atom is -0.398 e. The summed E-state index contributed by atoms with van der Waals surface area (Å²) in [6, 6.07) is 0.681.